The summed E-state index contributed by atoms with van der Waals surface area (Å²) in [5.74, 6) is 1.15. The fourth-order valence-corrected chi connectivity index (χ4v) is 1.68. The summed E-state index contributed by atoms with van der Waals surface area (Å²) in [5, 5.41) is 0. The second-order valence-corrected chi connectivity index (χ2v) is 4.30. The molecule has 2 N–H and O–H groups in total. The van der Waals surface area contributed by atoms with Crippen molar-refractivity contribution in [2.45, 2.75) is 6.54 Å². The maximum absolute atomic E-state index is 5.67. The highest BCUT2D eigenvalue weighted by atomic mass is 32.2. The second kappa shape index (κ2) is 5.88. The normalized spacial score (nSPS) is 10.8. The Balaban J connectivity index is 2.43. The molecule has 0 aliphatic heterocycles. The zero-order valence-electron chi connectivity index (χ0n) is 8.73. The van der Waals surface area contributed by atoms with Crippen LogP contribution in [0.1, 0.15) is 5.69 Å². The Morgan fingerprint density at radius 2 is 2.36 bits per heavy atom. The summed E-state index contributed by atoms with van der Waals surface area (Å²) in [7, 11) is 2.10. The molecule has 0 radical (unpaired) electrons. The fourth-order valence-electron chi connectivity index (χ4n) is 1.19. The number of nitrogens with zero attached hydrogens (tertiary/aromatic N) is 2. The molecule has 0 fully saturated rings. The number of anilines is 1. The highest BCUT2D eigenvalue weighted by Crippen LogP contribution is 2.05. The van der Waals surface area contributed by atoms with Crippen molar-refractivity contribution in [3.63, 3.8) is 0 Å². The van der Waals surface area contributed by atoms with Crippen LogP contribution in [-0.4, -0.2) is 35.5 Å². The lowest BCUT2D eigenvalue weighted by Gasteiger charge is -2.15. The van der Waals surface area contributed by atoms with Crippen LogP contribution >= 0.6 is 11.8 Å². The lowest BCUT2D eigenvalue weighted by atomic mass is 10.3. The van der Waals surface area contributed by atoms with Gasteiger partial charge in [-0.15, -0.1) is 0 Å². The standard InChI is InChI=1S/C10H17N3S/c1-13(5-6-14-2)8-10-7-9(11)3-4-12-10/h3-4,7H,5-6,8H2,1-2H3,(H2,11,12). The van der Waals surface area contributed by atoms with Crippen LogP contribution in [-0.2, 0) is 6.54 Å². The van der Waals surface area contributed by atoms with E-state index in [0.29, 0.717) is 0 Å². The van der Waals surface area contributed by atoms with E-state index in [0.717, 1.165) is 30.2 Å². The molecule has 14 heavy (non-hydrogen) atoms. The molecule has 1 aromatic heterocycles. The van der Waals surface area contributed by atoms with E-state index in [1.54, 1.807) is 6.20 Å². The van der Waals surface area contributed by atoms with E-state index >= 15 is 0 Å². The molecular formula is C10H17N3S. The van der Waals surface area contributed by atoms with Crippen LogP contribution in [0.4, 0.5) is 5.69 Å². The van der Waals surface area contributed by atoms with E-state index in [1.807, 2.05) is 23.9 Å². The summed E-state index contributed by atoms with van der Waals surface area (Å²) in [6.45, 7) is 1.95. The van der Waals surface area contributed by atoms with Gasteiger partial charge in [-0.1, -0.05) is 0 Å². The average molecular weight is 211 g/mol. The van der Waals surface area contributed by atoms with Gasteiger partial charge in [0, 0.05) is 30.7 Å². The Hall–Kier alpha value is -0.740. The van der Waals surface area contributed by atoms with Gasteiger partial charge in [0.2, 0.25) is 0 Å². The van der Waals surface area contributed by atoms with Gasteiger partial charge in [0.25, 0.3) is 0 Å². The third kappa shape index (κ3) is 3.98. The van der Waals surface area contributed by atoms with E-state index in [2.05, 4.69) is 23.2 Å². The highest BCUT2D eigenvalue weighted by molar-refractivity contribution is 7.98. The summed E-state index contributed by atoms with van der Waals surface area (Å²) in [6.07, 6.45) is 3.87. The smallest absolute Gasteiger partial charge is 0.0564 e. The monoisotopic (exact) mass is 211 g/mol. The van der Waals surface area contributed by atoms with E-state index in [-0.39, 0.29) is 0 Å². The number of nitrogen functional groups attached to an aromatic ring is 1. The van der Waals surface area contributed by atoms with E-state index in [4.69, 9.17) is 5.73 Å². The van der Waals surface area contributed by atoms with Crippen molar-refractivity contribution in [2.75, 3.05) is 31.3 Å². The predicted molar refractivity (Wildman–Crippen MR) is 63.4 cm³/mol. The number of hydrogen-bond acceptors (Lipinski definition) is 4. The molecule has 3 nitrogen and oxygen atoms in total. The molecule has 0 saturated carbocycles. The lowest BCUT2D eigenvalue weighted by Crippen LogP contribution is -2.21. The van der Waals surface area contributed by atoms with Gasteiger partial charge >= 0.3 is 0 Å². The Kier molecular flexibility index (Phi) is 4.76. The van der Waals surface area contributed by atoms with Crippen LogP contribution in [0, 0.1) is 0 Å². The molecule has 0 bridgehead atoms. The van der Waals surface area contributed by atoms with Crippen molar-refractivity contribution in [3.05, 3.63) is 24.0 Å². The van der Waals surface area contributed by atoms with Gasteiger partial charge in [-0.3, -0.25) is 9.88 Å². The maximum atomic E-state index is 5.67. The Morgan fingerprint density at radius 1 is 1.57 bits per heavy atom. The molecule has 0 unspecified atom stereocenters. The van der Waals surface area contributed by atoms with Gasteiger partial charge in [0.1, 0.15) is 0 Å². The molecule has 0 spiro atoms. The number of rotatable bonds is 5. The van der Waals surface area contributed by atoms with Gasteiger partial charge in [-0.2, -0.15) is 11.8 Å². The molecule has 0 amide bonds. The van der Waals surface area contributed by atoms with Crippen LogP contribution in [0.5, 0.6) is 0 Å². The number of thioether (sulfide) groups is 1. The largest absolute Gasteiger partial charge is 0.399 e. The molecule has 0 aliphatic carbocycles. The summed E-state index contributed by atoms with van der Waals surface area (Å²) < 4.78 is 0. The Labute approximate surface area is 89.7 Å². The van der Waals surface area contributed by atoms with Gasteiger partial charge < -0.3 is 5.73 Å². The van der Waals surface area contributed by atoms with E-state index in [1.165, 1.54) is 0 Å². The van der Waals surface area contributed by atoms with Gasteiger partial charge in [0.15, 0.2) is 0 Å². The zero-order valence-corrected chi connectivity index (χ0v) is 9.55. The fraction of sp³-hybridized carbons (Fsp3) is 0.500. The first-order valence-electron chi connectivity index (χ1n) is 4.60. The minimum absolute atomic E-state index is 0.785. The van der Waals surface area contributed by atoms with E-state index in [9.17, 15) is 0 Å². The Morgan fingerprint density at radius 3 is 3.00 bits per heavy atom. The summed E-state index contributed by atoms with van der Waals surface area (Å²) >= 11 is 1.86. The van der Waals surface area contributed by atoms with E-state index < -0.39 is 0 Å². The van der Waals surface area contributed by atoms with Crippen molar-refractivity contribution in [3.8, 4) is 0 Å². The van der Waals surface area contributed by atoms with Crippen molar-refractivity contribution < 1.29 is 0 Å². The predicted octanol–water partition coefficient (Wildman–Crippen LogP) is 1.46. The topological polar surface area (TPSA) is 42.1 Å². The van der Waals surface area contributed by atoms with Gasteiger partial charge in [-0.05, 0) is 25.4 Å². The quantitative estimate of drug-likeness (QED) is 0.800. The van der Waals surface area contributed by atoms with Crippen molar-refractivity contribution >= 4 is 17.4 Å². The molecule has 1 aromatic rings. The zero-order chi connectivity index (χ0) is 10.4. The first-order valence-corrected chi connectivity index (χ1v) is 5.99. The lowest BCUT2D eigenvalue weighted by molar-refractivity contribution is 0.344. The SMILES string of the molecule is CSCCN(C)Cc1cc(N)ccn1. The number of hydrogen-bond donors (Lipinski definition) is 1. The first kappa shape index (κ1) is 11.3. The Bertz CT molecular complexity index is 278. The van der Waals surface area contributed by atoms with Crippen molar-refractivity contribution in [1.82, 2.24) is 9.88 Å². The molecular weight excluding hydrogens is 194 g/mol. The second-order valence-electron chi connectivity index (χ2n) is 3.31. The molecule has 1 heterocycles. The van der Waals surface area contributed by atoms with Crippen LogP contribution in [0.25, 0.3) is 0 Å². The molecule has 1 rings (SSSR count). The van der Waals surface area contributed by atoms with Crippen molar-refractivity contribution in [1.29, 1.82) is 0 Å². The highest BCUT2D eigenvalue weighted by Gasteiger charge is 2.00. The minimum atomic E-state index is 0.785. The third-order valence-corrected chi connectivity index (χ3v) is 2.54. The van der Waals surface area contributed by atoms with Crippen molar-refractivity contribution in [2.24, 2.45) is 0 Å². The molecule has 0 atom stereocenters. The maximum Gasteiger partial charge on any atom is 0.0564 e. The van der Waals surface area contributed by atoms with Crippen LogP contribution in [0.15, 0.2) is 18.3 Å². The molecule has 78 valence electrons. The number of aromatic nitrogens is 1. The number of pyridine rings is 1. The summed E-state index contributed by atoms with van der Waals surface area (Å²) in [5.41, 5.74) is 7.49. The molecule has 0 aliphatic rings. The molecule has 0 aromatic carbocycles. The number of nitrogens with two attached hydrogens (primary N) is 1. The first-order chi connectivity index (χ1) is 6.72. The molecule has 0 saturated heterocycles. The summed E-state index contributed by atoms with van der Waals surface area (Å²) in [4.78, 5) is 6.51. The van der Waals surface area contributed by atoms with Crippen LogP contribution in [0.3, 0.4) is 0 Å². The third-order valence-electron chi connectivity index (χ3n) is 1.95. The summed E-state index contributed by atoms with van der Waals surface area (Å²) in [6, 6.07) is 3.74. The van der Waals surface area contributed by atoms with Crippen LogP contribution in [0.2, 0.25) is 0 Å². The van der Waals surface area contributed by atoms with Crippen LogP contribution < -0.4 is 5.73 Å². The van der Waals surface area contributed by atoms with Gasteiger partial charge in [0.05, 0.1) is 5.69 Å². The van der Waals surface area contributed by atoms with Gasteiger partial charge in [-0.25, -0.2) is 0 Å². The molecule has 4 heteroatoms. The minimum Gasteiger partial charge on any atom is -0.399 e. The average Bonchev–Trinajstić information content (AvgIpc) is 2.15.